The Hall–Kier alpha value is -1.23. The number of hydrogen-bond donors (Lipinski definition) is 1. The number of pyridine rings is 1. The van der Waals surface area contributed by atoms with Crippen LogP contribution in [0.1, 0.15) is 31.4 Å². The summed E-state index contributed by atoms with van der Waals surface area (Å²) in [7, 11) is 0. The number of alkyl halides is 2. The molecule has 1 aromatic rings. The van der Waals surface area contributed by atoms with Crippen LogP contribution in [0.3, 0.4) is 0 Å². The van der Waals surface area contributed by atoms with E-state index in [2.05, 4.69) is 4.98 Å². The summed E-state index contributed by atoms with van der Waals surface area (Å²) in [5.41, 5.74) is -1.08. The smallest absolute Gasteiger partial charge is 0.315 e. The Morgan fingerprint density at radius 3 is 2.39 bits per heavy atom. The highest BCUT2D eigenvalue weighted by Crippen LogP contribution is 2.45. The van der Waals surface area contributed by atoms with Crippen LogP contribution in [0, 0.1) is 0 Å². The van der Waals surface area contributed by atoms with Crippen LogP contribution in [-0.2, 0) is 10.2 Å². The van der Waals surface area contributed by atoms with E-state index in [0.717, 1.165) is 0 Å². The Kier molecular flexibility index (Phi) is 3.27. The molecule has 0 aromatic carbocycles. The van der Waals surface area contributed by atoms with Crippen molar-refractivity contribution in [3.63, 3.8) is 0 Å². The molecule has 0 aliphatic heterocycles. The number of aromatic nitrogens is 1. The first kappa shape index (κ1) is 13.2. The molecule has 1 aliphatic rings. The maximum absolute atomic E-state index is 13.2. The van der Waals surface area contributed by atoms with Crippen molar-refractivity contribution in [1.82, 2.24) is 4.98 Å². The van der Waals surface area contributed by atoms with E-state index in [4.69, 9.17) is 11.6 Å². The molecule has 0 bridgehead atoms. The lowest BCUT2D eigenvalue weighted by Gasteiger charge is -2.36. The van der Waals surface area contributed by atoms with Crippen molar-refractivity contribution in [3.05, 3.63) is 29.0 Å². The minimum absolute atomic E-state index is 0.122. The molecule has 0 spiro atoms. The van der Waals surface area contributed by atoms with Gasteiger partial charge in [-0.05, 0) is 25.0 Å². The summed E-state index contributed by atoms with van der Waals surface area (Å²) in [6.07, 6.45) is -1.12. The number of carboxylic acid groups (broad SMARTS) is 1. The molecular weight excluding hydrogens is 264 g/mol. The second kappa shape index (κ2) is 4.46. The first-order valence-corrected chi connectivity index (χ1v) is 5.98. The van der Waals surface area contributed by atoms with Crippen molar-refractivity contribution in [3.8, 4) is 0 Å². The minimum Gasteiger partial charge on any atom is -0.481 e. The van der Waals surface area contributed by atoms with E-state index >= 15 is 0 Å². The molecule has 0 radical (unpaired) electrons. The Morgan fingerprint density at radius 1 is 1.28 bits per heavy atom. The van der Waals surface area contributed by atoms with E-state index in [1.165, 1.54) is 12.1 Å². The Balaban J connectivity index is 2.38. The van der Waals surface area contributed by atoms with Gasteiger partial charge < -0.3 is 5.11 Å². The minimum atomic E-state index is -2.78. The molecule has 1 aromatic heterocycles. The molecule has 0 saturated heterocycles. The normalized spacial score (nSPS) is 21.5. The summed E-state index contributed by atoms with van der Waals surface area (Å²) in [6, 6.07) is 4.64. The molecule has 1 fully saturated rings. The highest BCUT2D eigenvalue weighted by atomic mass is 35.5. The fourth-order valence-electron chi connectivity index (χ4n) is 2.30. The molecule has 0 unspecified atom stereocenters. The van der Waals surface area contributed by atoms with Gasteiger partial charge in [-0.3, -0.25) is 4.79 Å². The van der Waals surface area contributed by atoms with Gasteiger partial charge in [0.05, 0.1) is 5.69 Å². The highest BCUT2D eigenvalue weighted by molar-refractivity contribution is 6.29. The molecule has 1 aliphatic carbocycles. The Bertz CT molecular complexity index is 469. The third-order valence-corrected chi connectivity index (χ3v) is 3.66. The highest BCUT2D eigenvalue weighted by Gasteiger charge is 2.50. The maximum Gasteiger partial charge on any atom is 0.315 e. The van der Waals surface area contributed by atoms with Crippen LogP contribution in [0.5, 0.6) is 0 Å². The number of hydrogen-bond acceptors (Lipinski definition) is 2. The Labute approximate surface area is 108 Å². The van der Waals surface area contributed by atoms with Crippen LogP contribution < -0.4 is 0 Å². The average molecular weight is 276 g/mol. The first-order valence-electron chi connectivity index (χ1n) is 5.60. The van der Waals surface area contributed by atoms with Gasteiger partial charge in [-0.15, -0.1) is 0 Å². The molecule has 1 heterocycles. The molecule has 0 atom stereocenters. The molecule has 1 N–H and O–H groups in total. The first-order chi connectivity index (χ1) is 8.36. The molecule has 2 rings (SSSR count). The van der Waals surface area contributed by atoms with E-state index in [9.17, 15) is 18.7 Å². The zero-order valence-corrected chi connectivity index (χ0v) is 10.3. The molecule has 18 heavy (non-hydrogen) atoms. The largest absolute Gasteiger partial charge is 0.481 e. The quantitative estimate of drug-likeness (QED) is 0.843. The number of nitrogens with zero attached hydrogens (tertiary/aromatic N) is 1. The Morgan fingerprint density at radius 2 is 1.89 bits per heavy atom. The second-order valence-electron chi connectivity index (χ2n) is 4.59. The van der Waals surface area contributed by atoms with Crippen molar-refractivity contribution in [2.24, 2.45) is 0 Å². The average Bonchev–Trinajstić information content (AvgIpc) is 2.29. The lowest BCUT2D eigenvalue weighted by Crippen LogP contribution is -2.43. The summed E-state index contributed by atoms with van der Waals surface area (Å²) >= 11 is 5.73. The van der Waals surface area contributed by atoms with Crippen LogP contribution >= 0.6 is 11.6 Å². The molecule has 98 valence electrons. The SMILES string of the molecule is O=C(O)C1(c2cccc(Cl)n2)CCC(F)(F)CC1. The van der Waals surface area contributed by atoms with E-state index in [-0.39, 0.29) is 23.7 Å². The number of halogens is 3. The van der Waals surface area contributed by atoms with Gasteiger partial charge in [-0.1, -0.05) is 17.7 Å². The van der Waals surface area contributed by atoms with Gasteiger partial charge in [0.25, 0.3) is 0 Å². The third kappa shape index (κ3) is 2.32. The number of rotatable bonds is 2. The van der Waals surface area contributed by atoms with E-state index in [1.807, 2.05) is 0 Å². The summed E-state index contributed by atoms with van der Waals surface area (Å²) in [4.78, 5) is 15.4. The van der Waals surface area contributed by atoms with E-state index < -0.39 is 30.1 Å². The van der Waals surface area contributed by atoms with E-state index in [1.54, 1.807) is 6.07 Å². The molecule has 3 nitrogen and oxygen atoms in total. The van der Waals surface area contributed by atoms with Crippen molar-refractivity contribution < 1.29 is 18.7 Å². The van der Waals surface area contributed by atoms with Gasteiger partial charge in [-0.25, -0.2) is 13.8 Å². The fourth-order valence-corrected chi connectivity index (χ4v) is 2.46. The molecule has 1 saturated carbocycles. The van der Waals surface area contributed by atoms with Gasteiger partial charge >= 0.3 is 5.97 Å². The van der Waals surface area contributed by atoms with Crippen LogP contribution in [0.4, 0.5) is 8.78 Å². The monoisotopic (exact) mass is 275 g/mol. The van der Waals surface area contributed by atoms with Crippen molar-refractivity contribution in [2.75, 3.05) is 0 Å². The van der Waals surface area contributed by atoms with Gasteiger partial charge in [0.2, 0.25) is 5.92 Å². The third-order valence-electron chi connectivity index (χ3n) is 3.45. The summed E-state index contributed by atoms with van der Waals surface area (Å²) in [5, 5.41) is 9.55. The van der Waals surface area contributed by atoms with Gasteiger partial charge in [0.1, 0.15) is 10.6 Å². The zero-order chi connectivity index (χ0) is 13.4. The van der Waals surface area contributed by atoms with Crippen LogP contribution in [-0.4, -0.2) is 22.0 Å². The van der Waals surface area contributed by atoms with E-state index in [0.29, 0.717) is 0 Å². The number of aliphatic carboxylic acids is 1. The zero-order valence-electron chi connectivity index (χ0n) is 9.50. The van der Waals surface area contributed by atoms with Crippen molar-refractivity contribution in [2.45, 2.75) is 37.0 Å². The van der Waals surface area contributed by atoms with Gasteiger partial charge in [0, 0.05) is 12.8 Å². The van der Waals surface area contributed by atoms with Crippen molar-refractivity contribution in [1.29, 1.82) is 0 Å². The molecule has 0 amide bonds. The fraction of sp³-hybridized carbons (Fsp3) is 0.500. The second-order valence-corrected chi connectivity index (χ2v) is 4.98. The van der Waals surface area contributed by atoms with Crippen LogP contribution in [0.2, 0.25) is 5.15 Å². The molecular formula is C12H12ClF2NO2. The lowest BCUT2D eigenvalue weighted by molar-refractivity contribution is -0.149. The summed E-state index contributed by atoms with van der Waals surface area (Å²) in [5.74, 6) is -3.90. The maximum atomic E-state index is 13.2. The lowest BCUT2D eigenvalue weighted by atomic mass is 9.70. The topological polar surface area (TPSA) is 50.2 Å². The van der Waals surface area contributed by atoms with Crippen molar-refractivity contribution >= 4 is 17.6 Å². The summed E-state index contributed by atoms with van der Waals surface area (Å²) < 4.78 is 26.3. The van der Waals surface area contributed by atoms with Gasteiger partial charge in [0.15, 0.2) is 0 Å². The van der Waals surface area contributed by atoms with Crippen LogP contribution in [0.15, 0.2) is 18.2 Å². The summed E-state index contributed by atoms with van der Waals surface area (Å²) in [6.45, 7) is 0. The standard InChI is InChI=1S/C12H12ClF2NO2/c13-9-3-1-2-8(16-9)11(10(17)18)4-6-12(14,15)7-5-11/h1-3H,4-7H2,(H,17,18). The number of carbonyl (C=O) groups is 1. The predicted molar refractivity (Wildman–Crippen MR) is 62.0 cm³/mol. The molecule has 6 heteroatoms. The van der Waals surface area contributed by atoms with Crippen LogP contribution in [0.25, 0.3) is 0 Å². The number of carboxylic acids is 1. The van der Waals surface area contributed by atoms with Gasteiger partial charge in [-0.2, -0.15) is 0 Å². The predicted octanol–water partition coefficient (Wildman–Crippen LogP) is 3.27.